The van der Waals surface area contributed by atoms with Gasteiger partial charge in [0.15, 0.2) is 22.7 Å². The fraction of sp³-hybridized carbons (Fsp3) is 0.562. The first kappa shape index (κ1) is 29.7. The van der Waals surface area contributed by atoms with Gasteiger partial charge < -0.3 is 10.6 Å². The van der Waals surface area contributed by atoms with E-state index in [0.717, 1.165) is 41.0 Å². The van der Waals surface area contributed by atoms with Crippen LogP contribution < -0.4 is 10.6 Å². The lowest BCUT2D eigenvalue weighted by Crippen LogP contribution is -2.44. The summed E-state index contributed by atoms with van der Waals surface area (Å²) in [7, 11) is 0. The average molecular weight is 573 g/mol. The highest BCUT2D eigenvalue weighted by atomic mass is 16.2. The molecule has 2 N–H and O–H groups in total. The van der Waals surface area contributed by atoms with Crippen LogP contribution in [0.2, 0.25) is 0 Å². The molecule has 2 fully saturated rings. The van der Waals surface area contributed by atoms with Crippen LogP contribution in [0.3, 0.4) is 0 Å². The van der Waals surface area contributed by atoms with E-state index in [1.807, 2.05) is 48.6 Å². The fourth-order valence-electron chi connectivity index (χ4n) is 5.77. The molecule has 0 aromatic carbocycles. The summed E-state index contributed by atoms with van der Waals surface area (Å²) in [6, 6.07) is 4.12. The maximum atomic E-state index is 12.5. The molecule has 10 nitrogen and oxygen atoms in total. The van der Waals surface area contributed by atoms with Gasteiger partial charge in [0.2, 0.25) is 0 Å². The molecular weight excluding hydrogens is 528 g/mol. The first-order chi connectivity index (χ1) is 19.8. The SMILES string of the molecule is Cc1cc(C)n2cnc(C(=O)NC(C)(C)CC3CC3)c2n1.Cc1cc(C)n2cnc(C(=O)NC(C)C(C)C3CC3)c2n1. The number of fused-ring (bicyclic) bond motifs is 2. The largest absolute Gasteiger partial charge is 0.348 e. The maximum Gasteiger partial charge on any atom is 0.274 e. The Hall–Kier alpha value is -3.82. The quantitative estimate of drug-likeness (QED) is 0.301. The summed E-state index contributed by atoms with van der Waals surface area (Å²) in [6.07, 6.45) is 9.50. The third kappa shape index (κ3) is 6.63. The molecule has 0 bridgehead atoms. The van der Waals surface area contributed by atoms with Crippen LogP contribution in [0.1, 0.15) is 104 Å². The van der Waals surface area contributed by atoms with Crippen LogP contribution in [0.25, 0.3) is 11.3 Å². The summed E-state index contributed by atoms with van der Waals surface area (Å²) >= 11 is 0. The number of aryl methyl sites for hydroxylation is 4. The highest BCUT2D eigenvalue weighted by Gasteiger charge is 2.33. The van der Waals surface area contributed by atoms with E-state index in [1.165, 1.54) is 25.7 Å². The highest BCUT2D eigenvalue weighted by molar-refractivity contribution is 5.98. The third-order valence-electron chi connectivity index (χ3n) is 8.54. The van der Waals surface area contributed by atoms with Gasteiger partial charge in [-0.25, -0.2) is 19.9 Å². The maximum absolute atomic E-state index is 12.5. The number of amides is 2. The molecule has 0 saturated heterocycles. The zero-order valence-corrected chi connectivity index (χ0v) is 26.2. The Bertz CT molecular complexity index is 1630. The lowest BCUT2D eigenvalue weighted by molar-refractivity contribution is 0.0900. The second-order valence-corrected chi connectivity index (χ2v) is 13.1. The molecule has 0 spiro atoms. The topological polar surface area (TPSA) is 119 Å². The number of hydrogen-bond acceptors (Lipinski definition) is 6. The van der Waals surface area contributed by atoms with E-state index in [2.05, 4.69) is 58.3 Å². The Balaban J connectivity index is 0.000000168. The smallest absolute Gasteiger partial charge is 0.274 e. The molecule has 6 rings (SSSR count). The van der Waals surface area contributed by atoms with Crippen molar-refractivity contribution in [3.63, 3.8) is 0 Å². The first-order valence-corrected chi connectivity index (χ1v) is 15.1. The molecule has 2 unspecified atom stereocenters. The molecule has 4 aromatic rings. The minimum Gasteiger partial charge on any atom is -0.348 e. The Labute approximate surface area is 247 Å². The second-order valence-electron chi connectivity index (χ2n) is 13.1. The summed E-state index contributed by atoms with van der Waals surface area (Å²) in [4.78, 5) is 42.4. The summed E-state index contributed by atoms with van der Waals surface area (Å²) in [6.45, 7) is 16.3. The van der Waals surface area contributed by atoms with E-state index in [-0.39, 0.29) is 23.4 Å². The van der Waals surface area contributed by atoms with E-state index < -0.39 is 0 Å². The zero-order valence-electron chi connectivity index (χ0n) is 26.2. The van der Waals surface area contributed by atoms with Crippen LogP contribution in [0.15, 0.2) is 24.8 Å². The van der Waals surface area contributed by atoms with Crippen molar-refractivity contribution in [1.82, 2.24) is 39.4 Å². The third-order valence-corrected chi connectivity index (χ3v) is 8.54. The minimum atomic E-state index is -0.201. The van der Waals surface area contributed by atoms with Gasteiger partial charge in [-0.05, 0) is 97.6 Å². The molecule has 224 valence electrons. The summed E-state index contributed by atoms with van der Waals surface area (Å²) < 4.78 is 3.71. The number of carbonyl (C=O) groups excluding carboxylic acids is 2. The first-order valence-electron chi connectivity index (χ1n) is 15.1. The summed E-state index contributed by atoms with van der Waals surface area (Å²) in [5.74, 6) is 1.78. The van der Waals surface area contributed by atoms with Gasteiger partial charge in [-0.1, -0.05) is 19.8 Å². The van der Waals surface area contributed by atoms with E-state index in [1.54, 1.807) is 12.7 Å². The highest BCUT2D eigenvalue weighted by Crippen LogP contribution is 2.38. The van der Waals surface area contributed by atoms with Crippen molar-refractivity contribution in [2.24, 2.45) is 17.8 Å². The van der Waals surface area contributed by atoms with Crippen molar-refractivity contribution in [2.45, 2.75) is 99.1 Å². The van der Waals surface area contributed by atoms with Crippen LogP contribution in [-0.4, -0.2) is 52.1 Å². The molecule has 0 radical (unpaired) electrons. The van der Waals surface area contributed by atoms with Gasteiger partial charge >= 0.3 is 0 Å². The van der Waals surface area contributed by atoms with Crippen LogP contribution in [0.5, 0.6) is 0 Å². The molecule has 4 aromatic heterocycles. The Morgan fingerprint density at radius 3 is 1.83 bits per heavy atom. The molecule has 2 aliphatic carbocycles. The fourth-order valence-corrected chi connectivity index (χ4v) is 5.77. The van der Waals surface area contributed by atoms with Crippen molar-refractivity contribution < 1.29 is 9.59 Å². The number of carbonyl (C=O) groups is 2. The molecule has 4 heterocycles. The molecular formula is C32H44N8O2. The van der Waals surface area contributed by atoms with Crippen LogP contribution in [0.4, 0.5) is 0 Å². The molecule has 2 amide bonds. The van der Waals surface area contributed by atoms with Gasteiger partial charge in [0.25, 0.3) is 11.8 Å². The lowest BCUT2D eigenvalue weighted by Gasteiger charge is -2.25. The number of nitrogens with zero attached hydrogens (tertiary/aromatic N) is 6. The van der Waals surface area contributed by atoms with Gasteiger partial charge in [0.05, 0.1) is 0 Å². The van der Waals surface area contributed by atoms with Gasteiger partial charge in [0.1, 0.15) is 12.7 Å². The Kier molecular flexibility index (Phi) is 8.09. The summed E-state index contributed by atoms with van der Waals surface area (Å²) in [5.41, 5.74) is 5.74. The van der Waals surface area contributed by atoms with Crippen LogP contribution in [0, 0.1) is 45.4 Å². The van der Waals surface area contributed by atoms with Crippen molar-refractivity contribution in [3.8, 4) is 0 Å². The zero-order chi connectivity index (χ0) is 30.3. The normalized spacial score (nSPS) is 16.6. The minimum absolute atomic E-state index is 0.130. The van der Waals surface area contributed by atoms with Crippen molar-refractivity contribution in [2.75, 3.05) is 0 Å². The van der Waals surface area contributed by atoms with Crippen LogP contribution in [-0.2, 0) is 0 Å². The van der Waals surface area contributed by atoms with E-state index in [0.29, 0.717) is 28.6 Å². The number of nitrogens with one attached hydrogen (secondary N) is 2. The van der Waals surface area contributed by atoms with E-state index in [4.69, 9.17) is 0 Å². The number of rotatable bonds is 8. The number of aromatic nitrogens is 6. The van der Waals surface area contributed by atoms with Crippen molar-refractivity contribution >= 4 is 23.1 Å². The predicted octanol–water partition coefficient (Wildman–Crippen LogP) is 5.17. The van der Waals surface area contributed by atoms with Crippen LogP contribution >= 0.6 is 0 Å². The molecule has 10 heteroatoms. The number of hydrogen-bond donors (Lipinski definition) is 2. The summed E-state index contributed by atoms with van der Waals surface area (Å²) in [5, 5.41) is 6.19. The Morgan fingerprint density at radius 2 is 1.36 bits per heavy atom. The molecule has 2 saturated carbocycles. The predicted molar refractivity (Wildman–Crippen MR) is 163 cm³/mol. The lowest BCUT2D eigenvalue weighted by atomic mass is 9.97. The van der Waals surface area contributed by atoms with E-state index >= 15 is 0 Å². The number of imidazole rings is 2. The van der Waals surface area contributed by atoms with E-state index in [9.17, 15) is 9.59 Å². The van der Waals surface area contributed by atoms with Gasteiger partial charge in [-0.15, -0.1) is 0 Å². The van der Waals surface area contributed by atoms with Gasteiger partial charge in [-0.3, -0.25) is 18.4 Å². The average Bonchev–Trinajstić information content (AvgIpc) is 3.82. The van der Waals surface area contributed by atoms with Gasteiger partial charge in [0, 0.05) is 34.4 Å². The second kappa shape index (κ2) is 11.5. The molecule has 42 heavy (non-hydrogen) atoms. The van der Waals surface area contributed by atoms with Crippen molar-refractivity contribution in [1.29, 1.82) is 0 Å². The Morgan fingerprint density at radius 1 is 0.857 bits per heavy atom. The molecule has 2 atom stereocenters. The molecule has 0 aliphatic heterocycles. The molecule has 2 aliphatic rings. The standard InChI is InChI=1S/2C16H22N4O/c1-10-7-11(2)20-9-17-13(14(20)18-10)15(21)19-16(3,4)8-12-5-6-12;1-9-7-10(2)20-8-17-14(15(20)18-9)16(21)19-12(4)11(3)13-5-6-13/h7,9,12H,5-6,8H2,1-4H3,(H,19,21);7-8,11-13H,5-6H2,1-4H3,(H,19,21). The van der Waals surface area contributed by atoms with Crippen molar-refractivity contribution in [3.05, 3.63) is 59.0 Å². The monoisotopic (exact) mass is 572 g/mol. The van der Waals surface area contributed by atoms with Gasteiger partial charge in [-0.2, -0.15) is 0 Å².